The molecule has 1 atom stereocenters. The van der Waals surface area contributed by atoms with E-state index in [1.54, 1.807) is 0 Å². The third-order valence-electron chi connectivity index (χ3n) is 2.52. The minimum Gasteiger partial charge on any atom is -0.481 e. The Labute approximate surface area is 89.4 Å². The van der Waals surface area contributed by atoms with E-state index in [4.69, 9.17) is 5.11 Å². The number of hydrogen-bond donors (Lipinski definition) is 2. The fourth-order valence-corrected chi connectivity index (χ4v) is 1.68. The molecule has 1 unspecified atom stereocenters. The summed E-state index contributed by atoms with van der Waals surface area (Å²) in [7, 11) is 0. The van der Waals surface area contributed by atoms with E-state index in [0.29, 0.717) is 0 Å². The zero-order chi connectivity index (χ0) is 11.4. The van der Waals surface area contributed by atoms with Gasteiger partial charge in [0.1, 0.15) is 0 Å². The summed E-state index contributed by atoms with van der Waals surface area (Å²) < 4.78 is 0. The van der Waals surface area contributed by atoms with Gasteiger partial charge >= 0.3 is 5.97 Å². The Bertz CT molecular complexity index is 358. The topological polar surface area (TPSA) is 57.5 Å². The molecule has 82 valence electrons. The minimum absolute atomic E-state index is 0.0270. The van der Waals surface area contributed by atoms with Gasteiger partial charge in [-0.25, -0.2) is 0 Å². The van der Waals surface area contributed by atoms with Crippen molar-refractivity contribution in [2.24, 2.45) is 0 Å². The summed E-state index contributed by atoms with van der Waals surface area (Å²) in [5.74, 6) is -1.18. The SMILES string of the molecule is Cc1ccc(C)c(C(CO)CC(=O)O)c1. The van der Waals surface area contributed by atoms with Crippen LogP contribution in [0.2, 0.25) is 0 Å². The highest BCUT2D eigenvalue weighted by atomic mass is 16.4. The van der Waals surface area contributed by atoms with Crippen molar-refractivity contribution in [2.75, 3.05) is 6.61 Å². The second-order valence-electron chi connectivity index (χ2n) is 3.84. The molecule has 0 bridgehead atoms. The highest BCUT2D eigenvalue weighted by Crippen LogP contribution is 2.23. The van der Waals surface area contributed by atoms with Crippen molar-refractivity contribution < 1.29 is 15.0 Å². The molecule has 2 N–H and O–H groups in total. The van der Waals surface area contributed by atoms with Crippen molar-refractivity contribution in [1.82, 2.24) is 0 Å². The normalized spacial score (nSPS) is 12.5. The molecule has 0 radical (unpaired) electrons. The van der Waals surface area contributed by atoms with Crippen LogP contribution in [-0.4, -0.2) is 22.8 Å². The van der Waals surface area contributed by atoms with Crippen LogP contribution < -0.4 is 0 Å². The standard InChI is InChI=1S/C12H16O3/c1-8-3-4-9(2)11(5-8)10(7-13)6-12(14)15/h3-5,10,13H,6-7H2,1-2H3,(H,14,15). The molecule has 0 spiro atoms. The van der Waals surface area contributed by atoms with Crippen molar-refractivity contribution in [3.05, 3.63) is 34.9 Å². The molecule has 15 heavy (non-hydrogen) atoms. The molecule has 0 aromatic heterocycles. The molecule has 0 aliphatic heterocycles. The quantitative estimate of drug-likeness (QED) is 0.794. The van der Waals surface area contributed by atoms with Crippen LogP contribution >= 0.6 is 0 Å². The summed E-state index contributed by atoms with van der Waals surface area (Å²) in [6.45, 7) is 3.76. The van der Waals surface area contributed by atoms with Gasteiger partial charge in [-0.3, -0.25) is 4.79 Å². The molecular formula is C12H16O3. The van der Waals surface area contributed by atoms with Gasteiger partial charge in [0, 0.05) is 5.92 Å². The number of aliphatic carboxylic acids is 1. The van der Waals surface area contributed by atoms with E-state index < -0.39 is 5.97 Å². The molecule has 0 aliphatic rings. The predicted molar refractivity (Wildman–Crippen MR) is 58.0 cm³/mol. The highest BCUT2D eigenvalue weighted by Gasteiger charge is 2.16. The average molecular weight is 208 g/mol. The largest absolute Gasteiger partial charge is 0.481 e. The molecule has 0 saturated heterocycles. The first-order valence-corrected chi connectivity index (χ1v) is 4.94. The number of aliphatic hydroxyl groups is 1. The first-order chi connectivity index (χ1) is 7.04. The minimum atomic E-state index is -0.880. The van der Waals surface area contributed by atoms with Crippen LogP contribution in [0.5, 0.6) is 0 Å². The number of aryl methyl sites for hydroxylation is 2. The van der Waals surface area contributed by atoms with Gasteiger partial charge < -0.3 is 10.2 Å². The summed E-state index contributed by atoms with van der Waals surface area (Å²) in [6.07, 6.45) is -0.0270. The van der Waals surface area contributed by atoms with Crippen LogP contribution in [-0.2, 0) is 4.79 Å². The highest BCUT2D eigenvalue weighted by molar-refractivity contribution is 5.68. The van der Waals surface area contributed by atoms with Gasteiger partial charge in [-0.05, 0) is 25.0 Å². The Balaban J connectivity index is 3.00. The van der Waals surface area contributed by atoms with Gasteiger partial charge in [-0.1, -0.05) is 23.8 Å². The van der Waals surface area contributed by atoms with E-state index in [9.17, 15) is 9.90 Å². The van der Waals surface area contributed by atoms with Crippen LogP contribution in [0.3, 0.4) is 0 Å². The van der Waals surface area contributed by atoms with Crippen molar-refractivity contribution in [1.29, 1.82) is 0 Å². The molecule has 0 aliphatic carbocycles. The van der Waals surface area contributed by atoms with Gasteiger partial charge in [-0.15, -0.1) is 0 Å². The molecule has 0 heterocycles. The van der Waals surface area contributed by atoms with Crippen LogP contribution in [0.25, 0.3) is 0 Å². The fourth-order valence-electron chi connectivity index (χ4n) is 1.68. The van der Waals surface area contributed by atoms with Gasteiger partial charge in [0.25, 0.3) is 0 Å². The lowest BCUT2D eigenvalue weighted by molar-refractivity contribution is -0.137. The number of hydrogen-bond acceptors (Lipinski definition) is 2. The number of rotatable bonds is 4. The van der Waals surface area contributed by atoms with Gasteiger partial charge in [0.2, 0.25) is 0 Å². The molecule has 0 fully saturated rings. The molecule has 1 aromatic rings. The molecule has 0 saturated carbocycles. The molecule has 3 heteroatoms. The van der Waals surface area contributed by atoms with Gasteiger partial charge in [-0.2, -0.15) is 0 Å². The summed E-state index contributed by atoms with van der Waals surface area (Å²) in [5, 5.41) is 17.9. The van der Waals surface area contributed by atoms with E-state index in [1.807, 2.05) is 32.0 Å². The van der Waals surface area contributed by atoms with E-state index in [-0.39, 0.29) is 18.9 Å². The Kier molecular flexibility index (Phi) is 3.86. The molecule has 3 nitrogen and oxygen atoms in total. The number of carboxylic acids is 1. The third-order valence-corrected chi connectivity index (χ3v) is 2.52. The first-order valence-electron chi connectivity index (χ1n) is 4.94. The Morgan fingerprint density at radius 1 is 1.40 bits per heavy atom. The van der Waals surface area contributed by atoms with Gasteiger partial charge in [0.15, 0.2) is 0 Å². The first kappa shape index (κ1) is 11.7. The Morgan fingerprint density at radius 2 is 2.07 bits per heavy atom. The average Bonchev–Trinajstić information content (AvgIpc) is 2.18. The zero-order valence-electron chi connectivity index (χ0n) is 9.03. The van der Waals surface area contributed by atoms with Crippen molar-refractivity contribution >= 4 is 5.97 Å². The van der Waals surface area contributed by atoms with Crippen LogP contribution in [0, 0.1) is 13.8 Å². The number of carboxylic acid groups (broad SMARTS) is 1. The number of carbonyl (C=O) groups is 1. The number of aliphatic hydroxyl groups excluding tert-OH is 1. The third kappa shape index (κ3) is 3.06. The van der Waals surface area contributed by atoms with Crippen molar-refractivity contribution in [3.63, 3.8) is 0 Å². The lowest BCUT2D eigenvalue weighted by atomic mass is 9.91. The van der Waals surface area contributed by atoms with E-state index in [1.165, 1.54) is 0 Å². The summed E-state index contributed by atoms with van der Waals surface area (Å²) in [5.41, 5.74) is 3.04. The summed E-state index contributed by atoms with van der Waals surface area (Å²) in [6, 6.07) is 5.88. The zero-order valence-corrected chi connectivity index (χ0v) is 9.03. The lowest BCUT2D eigenvalue weighted by Crippen LogP contribution is -2.11. The number of benzene rings is 1. The molecule has 1 rings (SSSR count). The lowest BCUT2D eigenvalue weighted by Gasteiger charge is -2.15. The van der Waals surface area contributed by atoms with Crippen molar-refractivity contribution in [3.8, 4) is 0 Å². The Morgan fingerprint density at radius 3 is 2.60 bits per heavy atom. The Hall–Kier alpha value is -1.35. The maximum Gasteiger partial charge on any atom is 0.304 e. The van der Waals surface area contributed by atoms with Crippen molar-refractivity contribution in [2.45, 2.75) is 26.2 Å². The molecule has 0 amide bonds. The second kappa shape index (κ2) is 4.94. The summed E-state index contributed by atoms with van der Waals surface area (Å²) in [4.78, 5) is 10.6. The van der Waals surface area contributed by atoms with Crippen LogP contribution in [0.15, 0.2) is 18.2 Å². The van der Waals surface area contributed by atoms with Crippen LogP contribution in [0.1, 0.15) is 29.0 Å². The maximum atomic E-state index is 10.6. The predicted octanol–water partition coefficient (Wildman–Crippen LogP) is 1.85. The maximum absolute atomic E-state index is 10.6. The summed E-state index contributed by atoms with van der Waals surface area (Å²) >= 11 is 0. The van der Waals surface area contributed by atoms with E-state index in [0.717, 1.165) is 16.7 Å². The van der Waals surface area contributed by atoms with Crippen LogP contribution in [0.4, 0.5) is 0 Å². The smallest absolute Gasteiger partial charge is 0.304 e. The molecular weight excluding hydrogens is 192 g/mol. The van der Waals surface area contributed by atoms with Gasteiger partial charge in [0.05, 0.1) is 13.0 Å². The molecule has 1 aromatic carbocycles. The monoisotopic (exact) mass is 208 g/mol. The van der Waals surface area contributed by atoms with E-state index in [2.05, 4.69) is 0 Å². The fraction of sp³-hybridized carbons (Fsp3) is 0.417. The van der Waals surface area contributed by atoms with E-state index >= 15 is 0 Å². The second-order valence-corrected chi connectivity index (χ2v) is 3.84.